The van der Waals surface area contributed by atoms with Gasteiger partial charge in [-0.15, -0.1) is 0 Å². The summed E-state index contributed by atoms with van der Waals surface area (Å²) in [6.45, 7) is 3.25. The summed E-state index contributed by atoms with van der Waals surface area (Å²) in [6, 6.07) is 3.63. The molecule has 0 aliphatic carbocycles. The first kappa shape index (κ1) is 15.7. The zero-order chi connectivity index (χ0) is 15.6. The number of aliphatic hydroxyl groups excluding tert-OH is 1. The van der Waals surface area contributed by atoms with E-state index < -0.39 is 16.1 Å². The lowest BCUT2D eigenvalue weighted by atomic mass is 10.2. The molecule has 0 aliphatic rings. The van der Waals surface area contributed by atoms with E-state index >= 15 is 0 Å². The van der Waals surface area contributed by atoms with Crippen molar-refractivity contribution >= 4 is 10.0 Å². The van der Waals surface area contributed by atoms with Gasteiger partial charge in [-0.25, -0.2) is 13.1 Å². The van der Waals surface area contributed by atoms with E-state index in [1.807, 2.05) is 19.3 Å². The number of nitrogens with one attached hydrogen (secondary N) is 1. The fourth-order valence-electron chi connectivity index (χ4n) is 2.23. The minimum Gasteiger partial charge on any atom is -0.387 e. The molecule has 116 valence electrons. The molecule has 2 aromatic heterocycles. The minimum absolute atomic E-state index is 0.0656. The molecular weight excluding hydrogens is 294 g/mol. The Balaban J connectivity index is 1.99. The number of nitrogens with zero attached hydrogens (tertiary/aromatic N) is 2. The van der Waals surface area contributed by atoms with Crippen LogP contribution in [0.2, 0.25) is 0 Å². The molecule has 1 atom stereocenters. The Kier molecular flexibility index (Phi) is 4.50. The van der Waals surface area contributed by atoms with Crippen LogP contribution >= 0.6 is 0 Å². The molecule has 0 aliphatic heterocycles. The van der Waals surface area contributed by atoms with Crippen molar-refractivity contribution in [2.24, 2.45) is 7.05 Å². The number of sulfonamides is 1. The first-order valence-corrected chi connectivity index (χ1v) is 8.03. The van der Waals surface area contributed by atoms with Crippen molar-refractivity contribution in [2.75, 3.05) is 6.54 Å². The fourth-order valence-corrected chi connectivity index (χ4v) is 3.60. The van der Waals surface area contributed by atoms with Gasteiger partial charge in [-0.05, 0) is 32.4 Å². The van der Waals surface area contributed by atoms with E-state index in [2.05, 4.69) is 9.88 Å². The van der Waals surface area contributed by atoms with Crippen LogP contribution in [0.15, 0.2) is 27.7 Å². The van der Waals surface area contributed by atoms with Gasteiger partial charge in [-0.1, -0.05) is 5.16 Å². The molecule has 2 heterocycles. The second-order valence-electron chi connectivity index (χ2n) is 4.90. The second-order valence-corrected chi connectivity index (χ2v) is 6.60. The summed E-state index contributed by atoms with van der Waals surface area (Å²) in [4.78, 5) is 0.0656. The normalized spacial score (nSPS) is 13.5. The van der Waals surface area contributed by atoms with Crippen LogP contribution < -0.4 is 4.72 Å². The van der Waals surface area contributed by atoms with Gasteiger partial charge in [0.1, 0.15) is 10.6 Å². The maximum atomic E-state index is 12.2. The standard InChI is InChI=1S/C13H19N3O4S/c1-9-13(10(2)20-15-9)21(18,19)14-7-6-12(17)11-5-4-8-16(11)3/h4-5,8,12,14,17H,6-7H2,1-3H3/t12-/m0/s1. The predicted octanol–water partition coefficient (Wildman–Crippen LogP) is 1.03. The molecule has 2 rings (SSSR count). The molecule has 21 heavy (non-hydrogen) atoms. The van der Waals surface area contributed by atoms with Gasteiger partial charge in [0.2, 0.25) is 10.0 Å². The van der Waals surface area contributed by atoms with E-state index in [1.165, 1.54) is 0 Å². The SMILES string of the molecule is Cc1noc(C)c1S(=O)(=O)NCC[C@H](O)c1cccn1C. The van der Waals surface area contributed by atoms with Gasteiger partial charge in [-0.3, -0.25) is 0 Å². The van der Waals surface area contributed by atoms with Crippen LogP contribution in [-0.2, 0) is 17.1 Å². The van der Waals surface area contributed by atoms with Crippen molar-refractivity contribution in [1.29, 1.82) is 0 Å². The highest BCUT2D eigenvalue weighted by atomic mass is 32.2. The van der Waals surface area contributed by atoms with Gasteiger partial charge in [-0.2, -0.15) is 0 Å². The molecule has 7 nitrogen and oxygen atoms in total. The van der Waals surface area contributed by atoms with E-state index in [0.717, 1.165) is 5.69 Å². The van der Waals surface area contributed by atoms with E-state index in [4.69, 9.17) is 4.52 Å². The topological polar surface area (TPSA) is 97.4 Å². The van der Waals surface area contributed by atoms with Crippen LogP contribution in [0.25, 0.3) is 0 Å². The highest BCUT2D eigenvalue weighted by molar-refractivity contribution is 7.89. The van der Waals surface area contributed by atoms with Gasteiger partial charge in [0.15, 0.2) is 5.76 Å². The predicted molar refractivity (Wildman–Crippen MR) is 76.2 cm³/mol. The van der Waals surface area contributed by atoms with Crippen LogP contribution in [-0.4, -0.2) is 29.8 Å². The molecule has 0 amide bonds. The zero-order valence-corrected chi connectivity index (χ0v) is 13.0. The Morgan fingerprint density at radius 1 is 1.48 bits per heavy atom. The van der Waals surface area contributed by atoms with Crippen LogP contribution in [0.3, 0.4) is 0 Å². The number of rotatable bonds is 6. The van der Waals surface area contributed by atoms with Gasteiger partial charge < -0.3 is 14.2 Å². The lowest BCUT2D eigenvalue weighted by molar-refractivity contribution is 0.161. The Morgan fingerprint density at radius 2 is 2.19 bits per heavy atom. The second kappa shape index (κ2) is 6.00. The molecule has 0 aromatic carbocycles. The smallest absolute Gasteiger partial charge is 0.245 e. The van der Waals surface area contributed by atoms with Crippen LogP contribution in [0, 0.1) is 13.8 Å². The summed E-state index contributed by atoms with van der Waals surface area (Å²) in [5.41, 5.74) is 1.06. The molecule has 0 fully saturated rings. The average molecular weight is 313 g/mol. The Hall–Kier alpha value is -1.64. The summed E-state index contributed by atoms with van der Waals surface area (Å²) < 4.78 is 33.5. The largest absolute Gasteiger partial charge is 0.387 e. The maximum Gasteiger partial charge on any atom is 0.245 e. The Morgan fingerprint density at radius 3 is 2.71 bits per heavy atom. The lowest BCUT2D eigenvalue weighted by Gasteiger charge is -2.12. The van der Waals surface area contributed by atoms with E-state index in [0.29, 0.717) is 5.69 Å². The van der Waals surface area contributed by atoms with Crippen LogP contribution in [0.4, 0.5) is 0 Å². The molecule has 2 aromatic rings. The number of aryl methyl sites for hydroxylation is 3. The fraction of sp³-hybridized carbons (Fsp3) is 0.462. The average Bonchev–Trinajstić information content (AvgIpc) is 2.95. The highest BCUT2D eigenvalue weighted by Crippen LogP contribution is 2.19. The minimum atomic E-state index is -3.68. The number of hydrogen-bond acceptors (Lipinski definition) is 5. The van der Waals surface area contributed by atoms with E-state index in [9.17, 15) is 13.5 Å². The summed E-state index contributed by atoms with van der Waals surface area (Å²) in [7, 11) is -1.85. The molecule has 0 bridgehead atoms. The highest BCUT2D eigenvalue weighted by Gasteiger charge is 2.24. The molecular formula is C13H19N3O4S. The van der Waals surface area contributed by atoms with Crippen molar-refractivity contribution in [3.8, 4) is 0 Å². The van der Waals surface area contributed by atoms with Crippen molar-refractivity contribution in [2.45, 2.75) is 31.3 Å². The quantitative estimate of drug-likeness (QED) is 0.830. The first-order valence-electron chi connectivity index (χ1n) is 6.54. The Bertz CT molecular complexity index is 698. The molecule has 0 spiro atoms. The first-order chi connectivity index (χ1) is 9.83. The van der Waals surface area contributed by atoms with Gasteiger partial charge in [0.05, 0.1) is 6.10 Å². The third kappa shape index (κ3) is 3.34. The summed E-state index contributed by atoms with van der Waals surface area (Å²) in [5, 5.41) is 13.7. The van der Waals surface area contributed by atoms with Gasteiger partial charge in [0.25, 0.3) is 0 Å². The van der Waals surface area contributed by atoms with E-state index in [-0.39, 0.29) is 23.6 Å². The monoisotopic (exact) mass is 313 g/mol. The number of hydrogen-bond donors (Lipinski definition) is 2. The summed E-state index contributed by atoms with van der Waals surface area (Å²) in [5.74, 6) is 0.253. The zero-order valence-electron chi connectivity index (χ0n) is 12.2. The molecule has 2 N–H and O–H groups in total. The van der Waals surface area contributed by atoms with Crippen molar-refractivity contribution in [3.63, 3.8) is 0 Å². The molecule has 0 saturated heterocycles. The van der Waals surface area contributed by atoms with E-state index in [1.54, 1.807) is 24.5 Å². The maximum absolute atomic E-state index is 12.2. The molecule has 0 saturated carbocycles. The van der Waals surface area contributed by atoms with Crippen molar-refractivity contribution in [1.82, 2.24) is 14.4 Å². The number of aromatic nitrogens is 2. The van der Waals surface area contributed by atoms with Gasteiger partial charge >= 0.3 is 0 Å². The summed E-state index contributed by atoms with van der Waals surface area (Å²) in [6.07, 6.45) is 1.38. The molecule has 0 unspecified atom stereocenters. The Labute approximate surface area is 123 Å². The van der Waals surface area contributed by atoms with Crippen molar-refractivity contribution < 1.29 is 18.0 Å². The molecule has 0 radical (unpaired) electrons. The third-order valence-electron chi connectivity index (χ3n) is 3.27. The number of aliphatic hydroxyl groups is 1. The third-order valence-corrected chi connectivity index (χ3v) is 4.98. The van der Waals surface area contributed by atoms with Gasteiger partial charge in [0, 0.05) is 25.5 Å². The summed E-state index contributed by atoms with van der Waals surface area (Å²) >= 11 is 0. The van der Waals surface area contributed by atoms with Crippen molar-refractivity contribution in [3.05, 3.63) is 35.5 Å². The van der Waals surface area contributed by atoms with Crippen LogP contribution in [0.1, 0.15) is 29.7 Å². The van der Waals surface area contributed by atoms with Crippen LogP contribution in [0.5, 0.6) is 0 Å². The lowest BCUT2D eigenvalue weighted by Crippen LogP contribution is -2.27. The molecule has 8 heteroatoms.